The lowest BCUT2D eigenvalue weighted by atomic mass is 10.7. The predicted octanol–water partition coefficient (Wildman–Crippen LogP) is -0.357. The van der Waals surface area contributed by atoms with Crippen molar-refractivity contribution in [2.24, 2.45) is 0 Å². The van der Waals surface area contributed by atoms with Gasteiger partial charge in [0.05, 0.1) is 5.75 Å². The molecule has 60 valence electrons. The third kappa shape index (κ3) is 2.58. The summed E-state index contributed by atoms with van der Waals surface area (Å²) in [6.45, 7) is 0. The van der Waals surface area contributed by atoms with Crippen LogP contribution < -0.4 is 5.32 Å². The van der Waals surface area contributed by atoms with E-state index in [1.165, 1.54) is 18.1 Å². The highest BCUT2D eigenvalue weighted by atomic mass is 32.2. The van der Waals surface area contributed by atoms with Gasteiger partial charge in [-0.25, -0.2) is 4.98 Å². The molecule has 0 fully saturated rings. The van der Waals surface area contributed by atoms with Crippen LogP contribution in [0.5, 0.6) is 0 Å². The summed E-state index contributed by atoms with van der Waals surface area (Å²) < 4.78 is 0. The Morgan fingerprint density at radius 2 is 2.73 bits per heavy atom. The Labute approximate surface area is 68.0 Å². The summed E-state index contributed by atoms with van der Waals surface area (Å²) in [7, 11) is 1.60. The molecule has 1 amide bonds. The number of rotatable bonds is 3. The summed E-state index contributed by atoms with van der Waals surface area (Å²) in [5.41, 5.74) is 0. The highest BCUT2D eigenvalue weighted by Crippen LogP contribution is 2.08. The lowest BCUT2D eigenvalue weighted by Gasteiger charge is -1.94. The van der Waals surface area contributed by atoms with Gasteiger partial charge in [-0.15, -0.1) is 0 Å². The maximum atomic E-state index is 10.7. The first-order chi connectivity index (χ1) is 5.33. The Hall–Kier alpha value is -1.04. The van der Waals surface area contributed by atoms with E-state index in [0.717, 1.165) is 0 Å². The number of H-pyrrole nitrogens is 1. The average molecular weight is 172 g/mol. The van der Waals surface area contributed by atoms with Crippen molar-refractivity contribution >= 4 is 17.7 Å². The molecule has 1 aromatic rings. The van der Waals surface area contributed by atoms with Crippen LogP contribution in [0.2, 0.25) is 0 Å². The maximum absolute atomic E-state index is 10.7. The highest BCUT2D eigenvalue weighted by molar-refractivity contribution is 7.99. The minimum absolute atomic E-state index is 0.0219. The smallest absolute Gasteiger partial charge is 0.230 e. The molecule has 2 N–H and O–H groups in total. The highest BCUT2D eigenvalue weighted by Gasteiger charge is 2.00. The molecule has 0 atom stereocenters. The molecule has 0 aliphatic rings. The fraction of sp³-hybridized carbons (Fsp3) is 0.400. The summed E-state index contributed by atoms with van der Waals surface area (Å²) in [6.07, 6.45) is 1.41. The van der Waals surface area contributed by atoms with Gasteiger partial charge in [-0.3, -0.25) is 9.89 Å². The number of hydrogen-bond acceptors (Lipinski definition) is 4. The number of carbonyl (C=O) groups excluding carboxylic acids is 1. The fourth-order valence-electron chi connectivity index (χ4n) is 0.470. The van der Waals surface area contributed by atoms with Crippen molar-refractivity contribution < 1.29 is 4.79 Å². The van der Waals surface area contributed by atoms with Crippen LogP contribution in [0.3, 0.4) is 0 Å². The minimum Gasteiger partial charge on any atom is -0.358 e. The SMILES string of the molecule is CNC(=O)CSc1ncn[nH]1. The van der Waals surface area contributed by atoms with Gasteiger partial charge in [0.15, 0.2) is 5.16 Å². The largest absolute Gasteiger partial charge is 0.358 e. The van der Waals surface area contributed by atoms with Gasteiger partial charge in [0, 0.05) is 7.05 Å². The Morgan fingerprint density at radius 1 is 1.91 bits per heavy atom. The van der Waals surface area contributed by atoms with Gasteiger partial charge in [-0.05, 0) is 0 Å². The lowest BCUT2D eigenvalue weighted by molar-refractivity contribution is -0.118. The normalized spacial score (nSPS) is 9.55. The van der Waals surface area contributed by atoms with E-state index in [9.17, 15) is 4.79 Å². The summed E-state index contributed by atoms with van der Waals surface area (Å²) in [5, 5.41) is 9.44. The molecule has 0 bridgehead atoms. The second kappa shape index (κ2) is 3.97. The van der Waals surface area contributed by atoms with Crippen molar-refractivity contribution in [1.29, 1.82) is 0 Å². The number of carbonyl (C=O) groups is 1. The molecule has 0 aromatic carbocycles. The van der Waals surface area contributed by atoms with Crippen LogP contribution in [0.15, 0.2) is 11.5 Å². The lowest BCUT2D eigenvalue weighted by Crippen LogP contribution is -2.19. The molecule has 1 aromatic heterocycles. The van der Waals surface area contributed by atoms with Gasteiger partial charge in [0.1, 0.15) is 6.33 Å². The predicted molar refractivity (Wildman–Crippen MR) is 41.2 cm³/mol. The van der Waals surface area contributed by atoms with E-state index < -0.39 is 0 Å². The third-order valence-electron chi connectivity index (χ3n) is 1.01. The molecule has 5 nitrogen and oxygen atoms in total. The van der Waals surface area contributed by atoms with Crippen molar-refractivity contribution in [3.05, 3.63) is 6.33 Å². The summed E-state index contributed by atoms with van der Waals surface area (Å²) in [4.78, 5) is 14.6. The first kappa shape index (κ1) is 8.06. The zero-order chi connectivity index (χ0) is 8.10. The number of nitrogens with one attached hydrogen (secondary N) is 2. The molecule has 0 aliphatic carbocycles. The van der Waals surface area contributed by atoms with Crippen molar-refractivity contribution in [3.8, 4) is 0 Å². The third-order valence-corrected chi connectivity index (χ3v) is 1.89. The molecule has 0 spiro atoms. The van der Waals surface area contributed by atoms with Gasteiger partial charge in [-0.1, -0.05) is 11.8 Å². The van der Waals surface area contributed by atoms with Crippen molar-refractivity contribution in [2.45, 2.75) is 5.16 Å². The van der Waals surface area contributed by atoms with Gasteiger partial charge >= 0.3 is 0 Å². The minimum atomic E-state index is -0.0219. The van der Waals surface area contributed by atoms with Crippen LogP contribution in [0.1, 0.15) is 0 Å². The molecule has 1 heterocycles. The number of amides is 1. The molecule has 0 aliphatic heterocycles. The first-order valence-corrected chi connectivity index (χ1v) is 4.00. The topological polar surface area (TPSA) is 70.7 Å². The number of aromatic nitrogens is 3. The molecule has 0 radical (unpaired) electrons. The Kier molecular flexibility index (Phi) is 2.91. The summed E-state index contributed by atoms with van der Waals surface area (Å²) >= 11 is 1.32. The second-order valence-electron chi connectivity index (χ2n) is 1.75. The van der Waals surface area contributed by atoms with Crippen molar-refractivity contribution in [2.75, 3.05) is 12.8 Å². The van der Waals surface area contributed by atoms with E-state index in [1.807, 2.05) is 0 Å². The second-order valence-corrected chi connectivity index (χ2v) is 2.72. The summed E-state index contributed by atoms with van der Waals surface area (Å²) in [6, 6.07) is 0. The average Bonchev–Trinajstić information content (AvgIpc) is 2.52. The number of nitrogens with zero attached hydrogens (tertiary/aromatic N) is 2. The van der Waals surface area contributed by atoms with E-state index in [0.29, 0.717) is 10.9 Å². The monoisotopic (exact) mass is 172 g/mol. The molecule has 1 rings (SSSR count). The van der Waals surface area contributed by atoms with Crippen LogP contribution >= 0.6 is 11.8 Å². The molecule has 0 unspecified atom stereocenters. The quantitative estimate of drug-likeness (QED) is 0.611. The van der Waals surface area contributed by atoms with E-state index in [-0.39, 0.29) is 5.91 Å². The van der Waals surface area contributed by atoms with Gasteiger partial charge in [0.2, 0.25) is 5.91 Å². The van der Waals surface area contributed by atoms with Gasteiger partial charge in [-0.2, -0.15) is 5.10 Å². The Morgan fingerprint density at radius 3 is 3.27 bits per heavy atom. The van der Waals surface area contributed by atoms with Gasteiger partial charge in [0.25, 0.3) is 0 Å². The van der Waals surface area contributed by atoms with Crippen LogP contribution in [-0.2, 0) is 4.79 Å². The van der Waals surface area contributed by atoms with Crippen LogP contribution in [0, 0.1) is 0 Å². The number of aromatic amines is 1. The standard InChI is InChI=1S/C5H8N4OS/c1-6-4(10)2-11-5-7-3-8-9-5/h3H,2H2,1H3,(H,6,10)(H,7,8,9). The first-order valence-electron chi connectivity index (χ1n) is 3.01. The van der Waals surface area contributed by atoms with Crippen molar-refractivity contribution in [1.82, 2.24) is 20.5 Å². The zero-order valence-electron chi connectivity index (χ0n) is 6.00. The molecule has 0 saturated carbocycles. The van der Waals surface area contributed by atoms with Crippen LogP contribution in [0.4, 0.5) is 0 Å². The van der Waals surface area contributed by atoms with E-state index in [2.05, 4.69) is 20.5 Å². The van der Waals surface area contributed by atoms with Crippen LogP contribution in [-0.4, -0.2) is 33.9 Å². The Balaban J connectivity index is 2.29. The molecular weight excluding hydrogens is 164 g/mol. The van der Waals surface area contributed by atoms with E-state index in [4.69, 9.17) is 0 Å². The zero-order valence-corrected chi connectivity index (χ0v) is 6.81. The van der Waals surface area contributed by atoms with Crippen molar-refractivity contribution in [3.63, 3.8) is 0 Å². The fourth-order valence-corrected chi connectivity index (χ4v) is 1.12. The maximum Gasteiger partial charge on any atom is 0.230 e. The summed E-state index contributed by atoms with van der Waals surface area (Å²) in [5.74, 6) is 0.345. The van der Waals surface area contributed by atoms with Gasteiger partial charge < -0.3 is 5.32 Å². The molecule has 6 heteroatoms. The van der Waals surface area contributed by atoms with Crippen LogP contribution in [0.25, 0.3) is 0 Å². The Bertz CT molecular complexity index is 222. The molecule has 11 heavy (non-hydrogen) atoms. The number of hydrogen-bond donors (Lipinski definition) is 2. The molecule has 0 saturated heterocycles. The van der Waals surface area contributed by atoms with E-state index in [1.54, 1.807) is 7.05 Å². The molecular formula is C5H8N4OS. The van der Waals surface area contributed by atoms with E-state index >= 15 is 0 Å². The number of thioether (sulfide) groups is 1.